The minimum Gasteiger partial charge on any atom is -0.472 e. The Morgan fingerprint density at radius 1 is 0.853 bits per heavy atom. The zero-order chi connectivity index (χ0) is 23.3. The summed E-state index contributed by atoms with van der Waals surface area (Å²) >= 11 is 0. The summed E-state index contributed by atoms with van der Waals surface area (Å²) in [6, 6.07) is 25.6. The van der Waals surface area contributed by atoms with Crippen LogP contribution in [0.3, 0.4) is 0 Å². The van der Waals surface area contributed by atoms with E-state index >= 15 is 0 Å². The molecule has 1 aliphatic heterocycles. The zero-order valence-corrected chi connectivity index (χ0v) is 19.7. The highest BCUT2D eigenvalue weighted by Crippen LogP contribution is 2.24. The van der Waals surface area contributed by atoms with Crippen LogP contribution in [0, 0.1) is 0 Å². The van der Waals surface area contributed by atoms with Gasteiger partial charge in [0.25, 0.3) is 0 Å². The van der Waals surface area contributed by atoms with Gasteiger partial charge in [-0.15, -0.1) is 0 Å². The Bertz CT molecular complexity index is 1240. The highest BCUT2D eigenvalue weighted by atomic mass is 32.2. The molecule has 2 aromatic heterocycles. The van der Waals surface area contributed by atoms with Crippen LogP contribution >= 0.6 is 0 Å². The number of nitrogens with zero attached hydrogens (tertiary/aromatic N) is 3. The Morgan fingerprint density at radius 3 is 2.15 bits per heavy atom. The van der Waals surface area contributed by atoms with Crippen molar-refractivity contribution in [3.8, 4) is 28.5 Å². The number of para-hydroxylation sites is 1. The largest absolute Gasteiger partial charge is 0.472 e. The summed E-state index contributed by atoms with van der Waals surface area (Å²) in [5.41, 5.74) is 3.12. The first kappa shape index (κ1) is 22.3. The van der Waals surface area contributed by atoms with Crippen LogP contribution < -0.4 is 9.47 Å². The van der Waals surface area contributed by atoms with Crippen LogP contribution in [0.2, 0.25) is 0 Å². The maximum absolute atomic E-state index is 11.5. The van der Waals surface area contributed by atoms with Gasteiger partial charge in [-0.3, -0.25) is 9.11 Å². The van der Waals surface area contributed by atoms with Gasteiger partial charge < -0.3 is 9.47 Å². The fourth-order valence-corrected chi connectivity index (χ4v) is 4.25. The second kappa shape index (κ2) is 10.2. The van der Waals surface area contributed by atoms with Crippen LogP contribution in [0.4, 0.5) is 0 Å². The molecule has 1 aliphatic rings. The van der Waals surface area contributed by atoms with Crippen LogP contribution in [0.25, 0.3) is 11.1 Å². The first-order valence-electron chi connectivity index (χ1n) is 11.1. The summed E-state index contributed by atoms with van der Waals surface area (Å²) in [7, 11) is -1.08. The molecule has 172 valence electrons. The van der Waals surface area contributed by atoms with Crippen LogP contribution in [-0.4, -0.2) is 44.5 Å². The van der Waals surface area contributed by atoms with E-state index < -0.39 is 10.8 Å². The predicted molar refractivity (Wildman–Crippen MR) is 132 cm³/mol. The Hall–Kier alpha value is -3.55. The Labute approximate surface area is 201 Å². The highest BCUT2D eigenvalue weighted by Gasteiger charge is 2.28. The van der Waals surface area contributed by atoms with Gasteiger partial charge in [-0.05, 0) is 42.0 Å². The van der Waals surface area contributed by atoms with Crippen molar-refractivity contribution in [2.75, 3.05) is 19.3 Å². The van der Waals surface area contributed by atoms with Crippen molar-refractivity contribution in [3.63, 3.8) is 0 Å². The molecule has 7 heteroatoms. The summed E-state index contributed by atoms with van der Waals surface area (Å²) < 4.78 is 23.4. The summed E-state index contributed by atoms with van der Waals surface area (Å²) in [4.78, 5) is 11.0. The van der Waals surface area contributed by atoms with E-state index in [0.29, 0.717) is 10.9 Å². The van der Waals surface area contributed by atoms with Crippen LogP contribution in [0.5, 0.6) is 17.4 Å². The summed E-state index contributed by atoms with van der Waals surface area (Å²) in [5.74, 6) is 2.29. The quantitative estimate of drug-likeness (QED) is 0.363. The number of pyridine rings is 2. The highest BCUT2D eigenvalue weighted by molar-refractivity contribution is 7.84. The normalized spacial score (nSPS) is 14.9. The maximum Gasteiger partial charge on any atom is 0.213 e. The van der Waals surface area contributed by atoms with Gasteiger partial charge in [0.15, 0.2) is 0 Å². The van der Waals surface area contributed by atoms with E-state index in [2.05, 4.69) is 27.0 Å². The van der Waals surface area contributed by atoms with E-state index in [4.69, 9.17) is 9.47 Å². The van der Waals surface area contributed by atoms with Crippen molar-refractivity contribution in [1.29, 1.82) is 0 Å². The number of likely N-dealkylation sites (tertiary alicyclic amines) is 1. The second-order valence-corrected chi connectivity index (χ2v) is 9.54. The fraction of sp³-hybridized carbons (Fsp3) is 0.185. The number of ether oxygens (including phenoxy) is 2. The van der Waals surface area contributed by atoms with Crippen molar-refractivity contribution in [2.45, 2.75) is 17.7 Å². The van der Waals surface area contributed by atoms with Crippen molar-refractivity contribution in [3.05, 3.63) is 96.8 Å². The van der Waals surface area contributed by atoms with E-state index in [9.17, 15) is 4.21 Å². The fourth-order valence-electron chi connectivity index (χ4n) is 3.78. The molecule has 5 rings (SSSR count). The average Bonchev–Trinajstić information content (AvgIpc) is 2.85. The molecule has 0 N–H and O–H groups in total. The van der Waals surface area contributed by atoms with E-state index in [0.717, 1.165) is 42.3 Å². The van der Waals surface area contributed by atoms with E-state index in [-0.39, 0.29) is 6.10 Å². The molecule has 4 aromatic rings. The lowest BCUT2D eigenvalue weighted by molar-refractivity contribution is 0.0118. The molecule has 1 fully saturated rings. The molecule has 0 spiro atoms. The van der Waals surface area contributed by atoms with Crippen molar-refractivity contribution < 1.29 is 13.7 Å². The van der Waals surface area contributed by atoms with Gasteiger partial charge in [0.1, 0.15) is 22.6 Å². The third kappa shape index (κ3) is 5.50. The average molecular weight is 472 g/mol. The lowest BCUT2D eigenvalue weighted by Crippen LogP contribution is -2.53. The molecule has 0 bridgehead atoms. The SMILES string of the molecule is CS(=O)c1ccc(-c2ccc(OC3CN(Cc4ccc(Oc5ccccc5)cc4)C3)nc2)cn1. The Kier molecular flexibility index (Phi) is 6.65. The molecule has 1 unspecified atom stereocenters. The molecular formula is C27H25N3O3S. The predicted octanol–water partition coefficient (Wildman–Crippen LogP) is 4.94. The standard InChI is InChI=1S/C27H25N3O3S/c1-34(31)27-14-10-22(16-29-27)21-9-13-26(28-15-21)33-25-18-30(19-25)17-20-7-11-24(12-8-20)32-23-5-3-2-4-6-23/h2-16,25H,17-19H2,1H3. The molecule has 0 radical (unpaired) electrons. The minimum atomic E-state index is -1.08. The lowest BCUT2D eigenvalue weighted by atomic mass is 10.1. The number of hydrogen-bond acceptors (Lipinski definition) is 6. The van der Waals surface area contributed by atoms with Gasteiger partial charge in [0.05, 0.1) is 10.8 Å². The molecule has 1 atom stereocenters. The molecule has 0 aliphatic carbocycles. The van der Waals surface area contributed by atoms with E-state index in [1.807, 2.05) is 60.7 Å². The van der Waals surface area contributed by atoms with Crippen molar-refractivity contribution in [1.82, 2.24) is 14.9 Å². The van der Waals surface area contributed by atoms with Gasteiger partial charge in [0.2, 0.25) is 5.88 Å². The van der Waals surface area contributed by atoms with Crippen molar-refractivity contribution in [2.24, 2.45) is 0 Å². The topological polar surface area (TPSA) is 64.5 Å². The third-order valence-electron chi connectivity index (χ3n) is 5.62. The Morgan fingerprint density at radius 2 is 1.53 bits per heavy atom. The van der Waals surface area contributed by atoms with Gasteiger partial charge in [0, 0.05) is 55.5 Å². The summed E-state index contributed by atoms with van der Waals surface area (Å²) in [6.07, 6.45) is 5.26. The summed E-state index contributed by atoms with van der Waals surface area (Å²) in [5, 5.41) is 0.572. The molecular weight excluding hydrogens is 446 g/mol. The van der Waals surface area contributed by atoms with Crippen LogP contribution in [0.15, 0.2) is 96.3 Å². The van der Waals surface area contributed by atoms with Gasteiger partial charge in [-0.1, -0.05) is 36.4 Å². The van der Waals surface area contributed by atoms with Gasteiger partial charge in [-0.25, -0.2) is 9.97 Å². The summed E-state index contributed by atoms with van der Waals surface area (Å²) in [6.45, 7) is 2.61. The smallest absolute Gasteiger partial charge is 0.213 e. The van der Waals surface area contributed by atoms with E-state index in [1.54, 1.807) is 24.7 Å². The number of rotatable bonds is 8. The molecule has 1 saturated heterocycles. The van der Waals surface area contributed by atoms with Crippen LogP contribution in [-0.2, 0) is 17.3 Å². The van der Waals surface area contributed by atoms with Gasteiger partial charge in [-0.2, -0.15) is 0 Å². The maximum atomic E-state index is 11.5. The molecule has 3 heterocycles. The van der Waals surface area contributed by atoms with Crippen molar-refractivity contribution >= 4 is 10.8 Å². The molecule has 34 heavy (non-hydrogen) atoms. The monoisotopic (exact) mass is 471 g/mol. The number of hydrogen-bond donors (Lipinski definition) is 0. The third-order valence-corrected chi connectivity index (χ3v) is 6.45. The van der Waals surface area contributed by atoms with E-state index in [1.165, 1.54) is 5.56 Å². The second-order valence-electron chi connectivity index (χ2n) is 8.22. The molecule has 0 saturated carbocycles. The van der Waals surface area contributed by atoms with Crippen LogP contribution in [0.1, 0.15) is 5.56 Å². The first-order valence-corrected chi connectivity index (χ1v) is 12.6. The molecule has 6 nitrogen and oxygen atoms in total. The molecule has 0 amide bonds. The minimum absolute atomic E-state index is 0.138. The first-order chi connectivity index (χ1) is 16.6. The van der Waals surface area contributed by atoms with Gasteiger partial charge >= 0.3 is 0 Å². The zero-order valence-electron chi connectivity index (χ0n) is 18.8. The Balaban J connectivity index is 1.09. The lowest BCUT2D eigenvalue weighted by Gasteiger charge is -2.38. The number of benzene rings is 2. The number of aromatic nitrogens is 2. The molecule has 2 aromatic carbocycles.